The molecule has 0 N–H and O–H groups in total. The molecule has 0 saturated heterocycles. The third kappa shape index (κ3) is 3.60. The van der Waals surface area contributed by atoms with Crippen LogP contribution in [0.5, 0.6) is 0 Å². The van der Waals surface area contributed by atoms with Gasteiger partial charge in [-0.25, -0.2) is 0 Å². The average molecular weight is 567 g/mol. The van der Waals surface area contributed by atoms with E-state index in [0.29, 0.717) is 5.56 Å². The van der Waals surface area contributed by atoms with Crippen molar-refractivity contribution in [2.24, 2.45) is 0 Å². The van der Waals surface area contributed by atoms with Gasteiger partial charge >= 0.3 is 0 Å². The zero-order chi connectivity index (χ0) is 30.1. The number of nitriles is 1. The lowest BCUT2D eigenvalue weighted by Gasteiger charge is -2.18. The predicted octanol–water partition coefficient (Wildman–Crippen LogP) is 10.0. The van der Waals surface area contributed by atoms with Crippen LogP contribution >= 0.6 is 0 Å². The standard InChI is InChI=1S/C40H30N4/c1-24-10-5-15-31-37(24)38-25(2)11-6-16-32(38)43(31)35-20-29(28-14-9-19-42-23-28)21-36(30(35)22-41)44-33-17-7-12-26(3)39(33)40-27(4)13-8-18-34(40)44/h5-21,23H,1-4H3. The quantitative estimate of drug-likeness (QED) is 0.214. The fraction of sp³-hybridized carbons (Fsp3) is 0.100. The Morgan fingerprint density at radius 3 is 1.27 bits per heavy atom. The first-order valence-electron chi connectivity index (χ1n) is 15.0. The van der Waals surface area contributed by atoms with Gasteiger partial charge < -0.3 is 9.13 Å². The molecule has 210 valence electrons. The van der Waals surface area contributed by atoms with Crippen molar-refractivity contribution in [3.63, 3.8) is 0 Å². The van der Waals surface area contributed by atoms with Gasteiger partial charge in [0.2, 0.25) is 0 Å². The fourth-order valence-corrected chi connectivity index (χ4v) is 7.21. The average Bonchev–Trinajstić information content (AvgIpc) is 3.57. The Balaban J connectivity index is 1.60. The Hall–Kier alpha value is -5.66. The molecule has 0 spiro atoms. The summed E-state index contributed by atoms with van der Waals surface area (Å²) in [4.78, 5) is 4.46. The molecule has 0 aliphatic heterocycles. The molecular formula is C40H30N4. The summed E-state index contributed by atoms with van der Waals surface area (Å²) in [7, 11) is 0. The van der Waals surface area contributed by atoms with Gasteiger partial charge in [0, 0.05) is 39.5 Å². The molecule has 0 aliphatic rings. The fourth-order valence-electron chi connectivity index (χ4n) is 7.21. The molecule has 8 rings (SSSR count). The van der Waals surface area contributed by atoms with Crippen LogP contribution in [0.1, 0.15) is 27.8 Å². The minimum atomic E-state index is 0.626. The maximum Gasteiger partial charge on any atom is 0.104 e. The number of nitrogens with zero attached hydrogens (tertiary/aromatic N) is 4. The van der Waals surface area contributed by atoms with Gasteiger partial charge in [-0.3, -0.25) is 4.98 Å². The molecule has 0 atom stereocenters. The topological polar surface area (TPSA) is 46.5 Å². The number of benzene rings is 5. The van der Waals surface area contributed by atoms with Crippen molar-refractivity contribution in [3.05, 3.63) is 137 Å². The highest BCUT2D eigenvalue weighted by Gasteiger charge is 2.24. The second kappa shape index (κ2) is 9.69. The molecule has 0 aliphatic carbocycles. The minimum absolute atomic E-state index is 0.626. The van der Waals surface area contributed by atoms with Crippen molar-refractivity contribution in [2.45, 2.75) is 27.7 Å². The van der Waals surface area contributed by atoms with Gasteiger partial charge in [-0.1, -0.05) is 54.6 Å². The van der Waals surface area contributed by atoms with Gasteiger partial charge in [0.1, 0.15) is 11.6 Å². The SMILES string of the molecule is Cc1cccc2c1c1c(C)cccc1n2-c1cc(-c2cccnc2)cc(-n2c3cccc(C)c3c3c(C)cccc32)c1C#N. The summed E-state index contributed by atoms with van der Waals surface area (Å²) < 4.78 is 4.58. The molecule has 3 aromatic heterocycles. The van der Waals surface area contributed by atoms with Crippen LogP contribution in [0, 0.1) is 39.0 Å². The van der Waals surface area contributed by atoms with E-state index in [0.717, 1.165) is 44.6 Å². The molecule has 0 saturated carbocycles. The van der Waals surface area contributed by atoms with Crippen LogP contribution in [-0.4, -0.2) is 14.1 Å². The summed E-state index contributed by atoms with van der Waals surface area (Å²) in [6.45, 7) is 8.68. The van der Waals surface area contributed by atoms with Crippen LogP contribution in [-0.2, 0) is 0 Å². The summed E-state index contributed by atoms with van der Waals surface area (Å²) in [6, 6.07) is 36.9. The highest BCUT2D eigenvalue weighted by Crippen LogP contribution is 2.42. The molecular weight excluding hydrogens is 536 g/mol. The number of aryl methyl sites for hydroxylation is 4. The van der Waals surface area contributed by atoms with Gasteiger partial charge in [0.15, 0.2) is 0 Å². The molecule has 0 amide bonds. The summed E-state index contributed by atoms with van der Waals surface area (Å²) >= 11 is 0. The highest BCUT2D eigenvalue weighted by atomic mass is 15.0. The van der Waals surface area contributed by atoms with Gasteiger partial charge in [0.05, 0.1) is 33.4 Å². The molecule has 0 unspecified atom stereocenters. The Kier molecular flexibility index (Phi) is 5.73. The Bertz CT molecular complexity index is 2220. The molecule has 0 fully saturated rings. The zero-order valence-electron chi connectivity index (χ0n) is 25.2. The third-order valence-corrected chi connectivity index (χ3v) is 9.15. The van der Waals surface area contributed by atoms with E-state index in [4.69, 9.17) is 0 Å². The number of fused-ring (bicyclic) bond motifs is 6. The first-order valence-corrected chi connectivity index (χ1v) is 15.0. The minimum Gasteiger partial charge on any atom is -0.308 e. The number of aromatic nitrogens is 3. The van der Waals surface area contributed by atoms with E-state index in [1.165, 1.54) is 43.8 Å². The van der Waals surface area contributed by atoms with Crippen molar-refractivity contribution in [1.29, 1.82) is 5.26 Å². The van der Waals surface area contributed by atoms with Gasteiger partial charge in [-0.15, -0.1) is 0 Å². The normalized spacial score (nSPS) is 11.6. The largest absolute Gasteiger partial charge is 0.308 e. The van der Waals surface area contributed by atoms with Crippen LogP contribution in [0.25, 0.3) is 66.1 Å². The van der Waals surface area contributed by atoms with E-state index in [1.807, 2.05) is 12.3 Å². The summed E-state index contributed by atoms with van der Waals surface area (Å²) in [5, 5.41) is 16.0. The predicted molar refractivity (Wildman–Crippen MR) is 182 cm³/mol. The Morgan fingerprint density at radius 1 is 0.523 bits per heavy atom. The molecule has 0 bridgehead atoms. The summed E-state index contributed by atoms with van der Waals surface area (Å²) in [6.07, 6.45) is 3.70. The monoisotopic (exact) mass is 566 g/mol. The van der Waals surface area contributed by atoms with Crippen molar-refractivity contribution < 1.29 is 0 Å². The van der Waals surface area contributed by atoms with Crippen molar-refractivity contribution in [2.75, 3.05) is 0 Å². The van der Waals surface area contributed by atoms with Crippen LogP contribution in [0.3, 0.4) is 0 Å². The van der Waals surface area contributed by atoms with Crippen molar-refractivity contribution in [1.82, 2.24) is 14.1 Å². The lowest BCUT2D eigenvalue weighted by Crippen LogP contribution is -2.05. The maximum absolute atomic E-state index is 11.1. The number of pyridine rings is 1. The lowest BCUT2D eigenvalue weighted by atomic mass is 10.0. The Morgan fingerprint density at radius 2 is 0.932 bits per heavy atom. The summed E-state index contributed by atoms with van der Waals surface area (Å²) in [5.74, 6) is 0. The number of hydrogen-bond acceptors (Lipinski definition) is 2. The van der Waals surface area contributed by atoms with E-state index >= 15 is 0 Å². The van der Waals surface area contributed by atoms with Crippen LogP contribution in [0.2, 0.25) is 0 Å². The Labute approximate surface area is 256 Å². The summed E-state index contributed by atoms with van der Waals surface area (Å²) in [5.41, 5.74) is 13.6. The van der Waals surface area contributed by atoms with E-state index in [9.17, 15) is 5.26 Å². The smallest absolute Gasteiger partial charge is 0.104 e. The maximum atomic E-state index is 11.1. The molecule has 4 heteroatoms. The van der Waals surface area contributed by atoms with Gasteiger partial charge in [-0.05, 0) is 98.0 Å². The van der Waals surface area contributed by atoms with E-state index in [2.05, 4.69) is 139 Å². The van der Waals surface area contributed by atoms with Crippen molar-refractivity contribution in [3.8, 4) is 28.6 Å². The molecule has 5 aromatic carbocycles. The van der Waals surface area contributed by atoms with E-state index in [1.54, 1.807) is 6.20 Å². The number of rotatable bonds is 3. The van der Waals surface area contributed by atoms with Crippen LogP contribution in [0.4, 0.5) is 0 Å². The van der Waals surface area contributed by atoms with E-state index < -0.39 is 0 Å². The van der Waals surface area contributed by atoms with Crippen LogP contribution < -0.4 is 0 Å². The highest BCUT2D eigenvalue weighted by molar-refractivity contribution is 6.14. The first kappa shape index (κ1) is 26.0. The molecule has 44 heavy (non-hydrogen) atoms. The lowest BCUT2D eigenvalue weighted by molar-refractivity contribution is 1.12. The van der Waals surface area contributed by atoms with Crippen molar-refractivity contribution >= 4 is 43.6 Å². The molecule has 0 radical (unpaired) electrons. The zero-order valence-corrected chi connectivity index (χ0v) is 25.2. The first-order chi connectivity index (χ1) is 21.5. The second-order valence-corrected chi connectivity index (χ2v) is 11.8. The third-order valence-electron chi connectivity index (χ3n) is 9.15. The van der Waals surface area contributed by atoms with Crippen LogP contribution in [0.15, 0.2) is 109 Å². The van der Waals surface area contributed by atoms with Gasteiger partial charge in [-0.2, -0.15) is 5.26 Å². The number of hydrogen-bond donors (Lipinski definition) is 0. The van der Waals surface area contributed by atoms with Gasteiger partial charge in [0.25, 0.3) is 0 Å². The molecule has 4 nitrogen and oxygen atoms in total. The second-order valence-electron chi connectivity index (χ2n) is 11.8. The molecule has 3 heterocycles. The molecule has 8 aromatic rings. The van der Waals surface area contributed by atoms with E-state index in [-0.39, 0.29) is 0 Å².